The van der Waals surface area contributed by atoms with Crippen LogP contribution in [0.1, 0.15) is 62.4 Å². The van der Waals surface area contributed by atoms with Crippen LogP contribution in [0.2, 0.25) is 5.02 Å². The smallest absolute Gasteiger partial charge is 0.253 e. The summed E-state index contributed by atoms with van der Waals surface area (Å²) in [5.74, 6) is -1.50. The highest BCUT2D eigenvalue weighted by Crippen LogP contribution is 2.32. The molecule has 1 aliphatic heterocycles. The number of piperidine rings is 1. The lowest BCUT2D eigenvalue weighted by Gasteiger charge is -2.36. The molecular formula is C22H25ClF2N2O. The number of carbonyl (C=O) groups excluding carboxylic acids is 1. The van der Waals surface area contributed by atoms with Gasteiger partial charge in [0, 0.05) is 38.8 Å². The van der Waals surface area contributed by atoms with Gasteiger partial charge in [-0.15, -0.1) is 0 Å². The fraction of sp³-hybridized carbons (Fsp3) is 0.455. The minimum absolute atomic E-state index is 0.0460. The number of benzene rings is 1. The van der Waals surface area contributed by atoms with Crippen LogP contribution in [0.4, 0.5) is 8.78 Å². The van der Waals surface area contributed by atoms with Gasteiger partial charge in [0.2, 0.25) is 0 Å². The Balaban J connectivity index is 1.72. The average Bonchev–Trinajstić information content (AvgIpc) is 2.73. The summed E-state index contributed by atoms with van der Waals surface area (Å²) in [5, 5.41) is -0.301. The molecule has 1 saturated heterocycles. The SMILES string of the molecule is [2H]C([2H])(C)c1ccc(CCCC2(F)C([2H])([2H])CN(C(=O)c3ccc(F)c(Cl)c3)CC2([2H])[2H])nc1. The van der Waals surface area contributed by atoms with Gasteiger partial charge in [0.05, 0.1) is 5.02 Å². The second-order valence-electron chi connectivity index (χ2n) is 6.59. The Labute approximate surface area is 178 Å². The van der Waals surface area contributed by atoms with E-state index in [1.807, 2.05) is 0 Å². The Bertz CT molecular complexity index is 1040. The van der Waals surface area contributed by atoms with Crippen LogP contribution in [0.3, 0.4) is 0 Å². The van der Waals surface area contributed by atoms with Gasteiger partial charge in [0.1, 0.15) is 11.5 Å². The van der Waals surface area contributed by atoms with E-state index in [9.17, 15) is 9.18 Å². The molecule has 1 aromatic heterocycles. The molecular weight excluding hydrogens is 382 g/mol. The van der Waals surface area contributed by atoms with Gasteiger partial charge in [-0.1, -0.05) is 24.6 Å². The first kappa shape index (κ1) is 14.0. The van der Waals surface area contributed by atoms with Crippen LogP contribution in [0, 0.1) is 5.82 Å². The lowest BCUT2D eigenvalue weighted by molar-refractivity contribution is 0.0389. The van der Waals surface area contributed by atoms with Crippen LogP contribution in [0.25, 0.3) is 0 Å². The first-order valence-corrected chi connectivity index (χ1v) is 9.34. The van der Waals surface area contributed by atoms with Gasteiger partial charge in [0.25, 0.3) is 5.91 Å². The largest absolute Gasteiger partial charge is 0.338 e. The van der Waals surface area contributed by atoms with Crippen molar-refractivity contribution in [1.29, 1.82) is 0 Å². The van der Waals surface area contributed by atoms with Crippen molar-refractivity contribution in [2.24, 2.45) is 0 Å². The molecule has 0 unspecified atom stereocenters. The van der Waals surface area contributed by atoms with Crippen molar-refractivity contribution < 1.29 is 21.8 Å². The number of aromatic nitrogens is 1. The van der Waals surface area contributed by atoms with Gasteiger partial charge in [-0.3, -0.25) is 9.78 Å². The zero-order valence-electron chi connectivity index (χ0n) is 21.4. The van der Waals surface area contributed by atoms with E-state index < -0.39 is 56.0 Å². The molecule has 0 atom stereocenters. The number of alkyl halides is 1. The number of aryl methyl sites for hydroxylation is 2. The molecule has 0 bridgehead atoms. The molecule has 2 aromatic rings. The molecule has 1 aromatic carbocycles. The number of halogens is 3. The molecule has 1 aliphatic rings. The monoisotopic (exact) mass is 412 g/mol. The Hall–Kier alpha value is -2.01. The minimum Gasteiger partial charge on any atom is -0.338 e. The standard InChI is InChI=1S/C22H25ClF2N2O/c1-2-16-5-7-18(26-15-16)4-3-9-22(25)10-12-27(13-11-22)21(28)17-6-8-20(24)19(23)14-17/h5-8,14-15H,2-4,9-13H2,1H3/i2D2,10D2,11D2. The van der Waals surface area contributed by atoms with Crippen LogP contribution >= 0.6 is 11.6 Å². The second kappa shape index (κ2) is 8.99. The van der Waals surface area contributed by atoms with Crippen molar-refractivity contribution in [3.63, 3.8) is 0 Å². The van der Waals surface area contributed by atoms with E-state index >= 15 is 4.39 Å². The number of nitrogens with zero attached hydrogens (tertiary/aromatic N) is 2. The van der Waals surface area contributed by atoms with Gasteiger partial charge in [-0.25, -0.2) is 8.78 Å². The summed E-state index contributed by atoms with van der Waals surface area (Å²) >= 11 is 5.72. The van der Waals surface area contributed by atoms with Gasteiger partial charge in [-0.05, 0) is 68.2 Å². The number of amides is 1. The summed E-state index contributed by atoms with van der Waals surface area (Å²) < 4.78 is 78.0. The quantitative estimate of drug-likeness (QED) is 0.636. The number of rotatable bonds is 6. The maximum atomic E-state index is 16.0. The van der Waals surface area contributed by atoms with Crippen molar-refractivity contribution in [3.05, 3.63) is 64.2 Å². The van der Waals surface area contributed by atoms with Crippen LogP contribution in [0.5, 0.6) is 0 Å². The molecule has 3 rings (SSSR count). The predicted molar refractivity (Wildman–Crippen MR) is 107 cm³/mol. The van der Waals surface area contributed by atoms with Crippen molar-refractivity contribution in [2.75, 3.05) is 13.1 Å². The number of pyridine rings is 1. The van der Waals surface area contributed by atoms with Gasteiger partial charge >= 0.3 is 0 Å². The third kappa shape index (κ3) is 5.07. The Morgan fingerprint density at radius 3 is 2.71 bits per heavy atom. The van der Waals surface area contributed by atoms with Crippen LogP contribution < -0.4 is 0 Å². The van der Waals surface area contributed by atoms with E-state index in [1.165, 1.54) is 13.1 Å². The molecule has 1 fully saturated rings. The van der Waals surface area contributed by atoms with Crippen molar-refractivity contribution in [1.82, 2.24) is 9.88 Å². The lowest BCUT2D eigenvalue weighted by atomic mass is 9.87. The molecule has 6 heteroatoms. The zero-order valence-corrected chi connectivity index (χ0v) is 16.2. The average molecular weight is 413 g/mol. The summed E-state index contributed by atoms with van der Waals surface area (Å²) in [6.45, 7) is 0.0627. The molecule has 3 nitrogen and oxygen atoms in total. The van der Waals surface area contributed by atoms with Gasteiger partial charge < -0.3 is 4.90 Å². The van der Waals surface area contributed by atoms with Crippen molar-refractivity contribution >= 4 is 17.5 Å². The van der Waals surface area contributed by atoms with E-state index in [-0.39, 0.29) is 23.4 Å². The molecule has 0 N–H and O–H groups in total. The molecule has 0 aliphatic carbocycles. The lowest BCUT2D eigenvalue weighted by Crippen LogP contribution is -2.44. The van der Waals surface area contributed by atoms with E-state index in [2.05, 4.69) is 4.98 Å². The number of hydrogen-bond acceptors (Lipinski definition) is 2. The molecule has 2 heterocycles. The second-order valence-corrected chi connectivity index (χ2v) is 6.99. The predicted octanol–water partition coefficient (Wildman–Crippen LogP) is 5.40. The maximum absolute atomic E-state index is 16.0. The maximum Gasteiger partial charge on any atom is 0.253 e. The Kier molecular flexibility index (Phi) is 4.51. The third-order valence-corrected chi connectivity index (χ3v) is 4.91. The summed E-state index contributed by atoms with van der Waals surface area (Å²) in [5.41, 5.74) is -1.96. The number of hydrogen-bond donors (Lipinski definition) is 0. The van der Waals surface area contributed by atoms with Crippen LogP contribution in [-0.2, 0) is 12.8 Å². The zero-order chi connectivity index (χ0) is 25.5. The first-order chi connectivity index (χ1) is 15.6. The highest BCUT2D eigenvalue weighted by molar-refractivity contribution is 6.31. The fourth-order valence-electron chi connectivity index (χ4n) is 2.93. The summed E-state index contributed by atoms with van der Waals surface area (Å²) in [7, 11) is 0. The third-order valence-electron chi connectivity index (χ3n) is 4.62. The molecule has 150 valence electrons. The van der Waals surface area contributed by atoms with E-state index in [0.29, 0.717) is 11.3 Å². The van der Waals surface area contributed by atoms with Crippen molar-refractivity contribution in [3.8, 4) is 0 Å². The van der Waals surface area contributed by atoms with Gasteiger partial charge in [0.15, 0.2) is 0 Å². The fourth-order valence-corrected chi connectivity index (χ4v) is 3.11. The normalized spacial score (nSPS) is 23.5. The molecule has 0 radical (unpaired) electrons. The number of likely N-dealkylation sites (tertiary alicyclic amines) is 1. The summed E-state index contributed by atoms with van der Waals surface area (Å²) in [6.07, 6.45) is -5.62. The van der Waals surface area contributed by atoms with Crippen molar-refractivity contribution in [2.45, 2.75) is 51.0 Å². The van der Waals surface area contributed by atoms with Gasteiger partial charge in [-0.2, -0.15) is 0 Å². The molecule has 0 spiro atoms. The van der Waals surface area contributed by atoms with Crippen LogP contribution in [-0.4, -0.2) is 34.5 Å². The topological polar surface area (TPSA) is 33.2 Å². The molecule has 1 amide bonds. The molecule has 28 heavy (non-hydrogen) atoms. The van der Waals surface area contributed by atoms with Crippen LogP contribution in [0.15, 0.2) is 36.5 Å². The van der Waals surface area contributed by atoms with E-state index in [0.717, 1.165) is 23.1 Å². The Morgan fingerprint density at radius 2 is 2.11 bits per heavy atom. The summed E-state index contributed by atoms with van der Waals surface area (Å²) in [6, 6.07) is 6.41. The minimum atomic E-state index is -2.86. The Morgan fingerprint density at radius 1 is 1.36 bits per heavy atom. The molecule has 0 saturated carbocycles. The highest BCUT2D eigenvalue weighted by Gasteiger charge is 2.35. The highest BCUT2D eigenvalue weighted by atomic mass is 35.5. The first-order valence-electron chi connectivity index (χ1n) is 12.0. The number of carbonyl (C=O) groups is 1. The summed E-state index contributed by atoms with van der Waals surface area (Å²) in [4.78, 5) is 17.9. The van der Waals surface area contributed by atoms with E-state index in [4.69, 9.17) is 19.8 Å². The van der Waals surface area contributed by atoms with E-state index in [1.54, 1.807) is 12.1 Å².